The number of nitrogens with two attached hydrogens (primary N) is 1. The Morgan fingerprint density at radius 3 is 2.44 bits per heavy atom. The van der Waals surface area contributed by atoms with E-state index >= 15 is 0 Å². The van der Waals surface area contributed by atoms with E-state index in [1.54, 1.807) is 36.0 Å². The van der Waals surface area contributed by atoms with Crippen molar-refractivity contribution in [2.24, 2.45) is 5.73 Å². The molecule has 0 aromatic heterocycles. The quantitative estimate of drug-likeness (QED) is 0.244. The highest BCUT2D eigenvalue weighted by atomic mass is 32.2. The molecule has 0 radical (unpaired) electrons. The predicted octanol–water partition coefficient (Wildman–Crippen LogP) is 2.15. The van der Waals surface area contributed by atoms with E-state index in [0.717, 1.165) is 24.0 Å². The molecule has 188 valence electrons. The molecule has 1 aromatic carbocycles. The summed E-state index contributed by atoms with van der Waals surface area (Å²) in [4.78, 5) is 36.5. The third kappa shape index (κ3) is 8.57. The summed E-state index contributed by atoms with van der Waals surface area (Å²) >= 11 is 1.63. The molecule has 2 rings (SSSR count). The second-order valence-corrected chi connectivity index (χ2v) is 10.8. The summed E-state index contributed by atoms with van der Waals surface area (Å²) in [5.74, 6) is -0.160. The van der Waals surface area contributed by atoms with E-state index in [1.165, 1.54) is 0 Å². The van der Waals surface area contributed by atoms with Crippen molar-refractivity contribution >= 4 is 35.2 Å². The number of allylic oxidation sites excluding steroid dienone is 1. The molecule has 9 nitrogen and oxygen atoms in total. The van der Waals surface area contributed by atoms with Gasteiger partial charge in [-0.3, -0.25) is 14.9 Å². The lowest BCUT2D eigenvalue weighted by Crippen LogP contribution is -2.54. The average Bonchev–Trinajstić information content (AvgIpc) is 3.13. The molecule has 1 aliphatic rings. The van der Waals surface area contributed by atoms with Crippen LogP contribution in [-0.4, -0.2) is 52.1 Å². The van der Waals surface area contributed by atoms with Gasteiger partial charge in [-0.1, -0.05) is 12.1 Å². The second-order valence-electron chi connectivity index (χ2n) is 9.18. The van der Waals surface area contributed by atoms with Crippen LogP contribution in [0.15, 0.2) is 35.7 Å². The van der Waals surface area contributed by atoms with Gasteiger partial charge in [0.2, 0.25) is 11.8 Å². The minimum atomic E-state index is -1.09. The normalized spacial score (nSPS) is 17.5. The van der Waals surface area contributed by atoms with Gasteiger partial charge in [-0.05, 0) is 63.8 Å². The van der Waals surface area contributed by atoms with Crippen molar-refractivity contribution in [2.75, 3.05) is 17.7 Å². The number of unbranched alkanes of at least 4 members (excludes halogenated alkanes) is 1. The summed E-state index contributed by atoms with van der Waals surface area (Å²) < 4.78 is -0.303. The Labute approximate surface area is 205 Å². The standard InChI is InChI=1S/C24H37N5O4S/c1-15(2)21(25)26-12-6-5-7-19(30)28-17-10-8-16(9-11-17)13-18(23(32)33)29-22(31)20-24(3,4)34-14-27-20/h8-11,18,20,26-27H,5-7,12-14,25H2,1-4H3,(H,28,30)(H,29,31)(H,32,33). The molecular weight excluding hydrogens is 454 g/mol. The summed E-state index contributed by atoms with van der Waals surface area (Å²) in [5, 5.41) is 21.3. The summed E-state index contributed by atoms with van der Waals surface area (Å²) in [7, 11) is 0. The van der Waals surface area contributed by atoms with Gasteiger partial charge in [0, 0.05) is 35.7 Å². The van der Waals surface area contributed by atoms with Gasteiger partial charge >= 0.3 is 5.97 Å². The van der Waals surface area contributed by atoms with Crippen LogP contribution >= 0.6 is 11.8 Å². The first-order valence-electron chi connectivity index (χ1n) is 11.5. The maximum Gasteiger partial charge on any atom is 0.326 e. The number of benzene rings is 1. The van der Waals surface area contributed by atoms with Crippen LogP contribution in [-0.2, 0) is 20.8 Å². The number of carbonyl (C=O) groups excluding carboxylic acids is 2. The van der Waals surface area contributed by atoms with Gasteiger partial charge in [0.15, 0.2) is 0 Å². The van der Waals surface area contributed by atoms with E-state index in [4.69, 9.17) is 5.73 Å². The fourth-order valence-corrected chi connectivity index (χ4v) is 4.48. The molecule has 0 spiro atoms. The van der Waals surface area contributed by atoms with Crippen LogP contribution in [0.2, 0.25) is 0 Å². The Morgan fingerprint density at radius 1 is 1.21 bits per heavy atom. The first-order valence-corrected chi connectivity index (χ1v) is 12.4. The SMILES string of the molecule is CC(C)=C(N)NCCCCC(=O)Nc1ccc(CC(NC(=O)C2NCSC2(C)C)C(=O)O)cc1. The third-order valence-electron chi connectivity index (χ3n) is 5.67. The molecule has 0 aliphatic carbocycles. The Hall–Kier alpha value is -2.72. The molecule has 10 heteroatoms. The largest absolute Gasteiger partial charge is 0.480 e. The minimum absolute atomic E-state index is 0.0804. The maximum atomic E-state index is 12.6. The van der Waals surface area contributed by atoms with Gasteiger partial charge in [-0.2, -0.15) is 0 Å². The first-order chi connectivity index (χ1) is 16.0. The van der Waals surface area contributed by atoms with Crippen LogP contribution in [0.1, 0.15) is 52.5 Å². The van der Waals surface area contributed by atoms with Crippen molar-refractivity contribution in [2.45, 2.75) is 70.2 Å². The van der Waals surface area contributed by atoms with Crippen LogP contribution in [0, 0.1) is 0 Å². The van der Waals surface area contributed by atoms with Crippen molar-refractivity contribution in [3.63, 3.8) is 0 Å². The summed E-state index contributed by atoms with van der Waals surface area (Å²) in [6, 6.07) is 5.52. The number of carbonyl (C=O) groups is 3. The number of hydrogen-bond donors (Lipinski definition) is 6. The van der Waals surface area contributed by atoms with Crippen molar-refractivity contribution in [3.8, 4) is 0 Å². The minimum Gasteiger partial charge on any atom is -0.480 e. The zero-order valence-corrected chi connectivity index (χ0v) is 21.2. The number of rotatable bonds is 12. The first kappa shape index (κ1) is 27.5. The molecule has 34 heavy (non-hydrogen) atoms. The number of aliphatic carboxylic acids is 1. The lowest BCUT2D eigenvalue weighted by atomic mass is 10.0. The fourth-order valence-electron chi connectivity index (χ4n) is 3.50. The second kappa shape index (κ2) is 12.7. The molecule has 1 aliphatic heterocycles. The van der Waals surface area contributed by atoms with Crippen LogP contribution < -0.4 is 27.0 Å². The molecule has 0 bridgehead atoms. The van der Waals surface area contributed by atoms with E-state index < -0.39 is 18.1 Å². The Kier molecular flexibility index (Phi) is 10.2. The van der Waals surface area contributed by atoms with Crippen LogP contribution in [0.4, 0.5) is 5.69 Å². The molecule has 1 aromatic rings. The van der Waals surface area contributed by atoms with E-state index in [-0.39, 0.29) is 23.0 Å². The Balaban J connectivity index is 1.81. The van der Waals surface area contributed by atoms with Crippen LogP contribution in [0.5, 0.6) is 0 Å². The topological polar surface area (TPSA) is 146 Å². The van der Waals surface area contributed by atoms with E-state index in [2.05, 4.69) is 21.3 Å². The molecular formula is C24H37N5O4S. The van der Waals surface area contributed by atoms with Crippen molar-refractivity contribution < 1.29 is 19.5 Å². The van der Waals surface area contributed by atoms with Crippen molar-refractivity contribution in [1.82, 2.24) is 16.0 Å². The van der Waals surface area contributed by atoms with Crippen molar-refractivity contribution in [3.05, 3.63) is 41.2 Å². The number of amides is 2. The number of hydrogen-bond acceptors (Lipinski definition) is 7. The van der Waals surface area contributed by atoms with E-state index in [9.17, 15) is 19.5 Å². The van der Waals surface area contributed by atoms with Crippen molar-refractivity contribution in [1.29, 1.82) is 0 Å². The number of anilines is 1. The van der Waals surface area contributed by atoms with Gasteiger partial charge in [0.05, 0.1) is 5.82 Å². The zero-order chi connectivity index (χ0) is 25.3. The van der Waals surface area contributed by atoms with Gasteiger partial charge in [0.25, 0.3) is 0 Å². The summed E-state index contributed by atoms with van der Waals surface area (Å²) in [6.45, 7) is 8.51. The smallest absolute Gasteiger partial charge is 0.326 e. The highest BCUT2D eigenvalue weighted by Gasteiger charge is 2.41. The molecule has 1 saturated heterocycles. The fraction of sp³-hybridized carbons (Fsp3) is 0.542. The molecule has 7 N–H and O–H groups in total. The molecule has 1 fully saturated rings. The average molecular weight is 492 g/mol. The molecule has 2 unspecified atom stereocenters. The summed E-state index contributed by atoms with van der Waals surface area (Å²) in [6.07, 6.45) is 2.11. The van der Waals surface area contributed by atoms with Crippen LogP contribution in [0.3, 0.4) is 0 Å². The lowest BCUT2D eigenvalue weighted by Gasteiger charge is -2.26. The van der Waals surface area contributed by atoms with E-state index in [1.807, 2.05) is 27.7 Å². The summed E-state index contributed by atoms with van der Waals surface area (Å²) in [5.41, 5.74) is 8.24. The number of thioether (sulfide) groups is 1. The van der Waals surface area contributed by atoms with Crippen LogP contribution in [0.25, 0.3) is 0 Å². The molecule has 2 amide bonds. The highest BCUT2D eigenvalue weighted by molar-refractivity contribution is 8.00. The van der Waals surface area contributed by atoms with Gasteiger partial charge in [-0.25, -0.2) is 4.79 Å². The maximum absolute atomic E-state index is 12.6. The molecule has 0 saturated carbocycles. The predicted molar refractivity (Wildman–Crippen MR) is 136 cm³/mol. The Morgan fingerprint density at radius 2 is 1.88 bits per heavy atom. The molecule has 1 heterocycles. The van der Waals surface area contributed by atoms with Gasteiger partial charge in [0.1, 0.15) is 12.1 Å². The highest BCUT2D eigenvalue weighted by Crippen LogP contribution is 2.33. The van der Waals surface area contributed by atoms with E-state index in [0.29, 0.717) is 30.4 Å². The van der Waals surface area contributed by atoms with Gasteiger partial charge < -0.3 is 26.8 Å². The lowest BCUT2D eigenvalue weighted by molar-refractivity contribution is -0.142. The number of carboxylic acids is 1. The Bertz CT molecular complexity index is 897. The van der Waals surface area contributed by atoms with Gasteiger partial charge in [-0.15, -0.1) is 11.8 Å². The number of carboxylic acid groups (broad SMARTS) is 1. The monoisotopic (exact) mass is 491 g/mol. The molecule has 2 atom stereocenters. The number of nitrogens with one attached hydrogen (secondary N) is 4. The third-order valence-corrected chi connectivity index (χ3v) is 6.96. The zero-order valence-electron chi connectivity index (χ0n) is 20.4.